The number of carbonyl (C=O) groups excluding carboxylic acids is 2. The lowest BCUT2D eigenvalue weighted by Crippen LogP contribution is -2.56. The average molecular weight is 383 g/mol. The Labute approximate surface area is 164 Å². The molecule has 0 saturated heterocycles. The van der Waals surface area contributed by atoms with E-state index in [1.807, 2.05) is 17.0 Å². The maximum atomic E-state index is 12.5. The van der Waals surface area contributed by atoms with Crippen LogP contribution in [-0.2, 0) is 9.59 Å². The van der Waals surface area contributed by atoms with Crippen molar-refractivity contribution in [2.24, 2.45) is 5.92 Å². The Morgan fingerprint density at radius 3 is 2.50 bits per heavy atom. The molecule has 7 heteroatoms. The van der Waals surface area contributed by atoms with E-state index in [1.165, 1.54) is 17.7 Å². The van der Waals surface area contributed by atoms with Crippen LogP contribution in [0.3, 0.4) is 0 Å². The molecule has 2 aliphatic carbocycles. The lowest BCUT2D eigenvalue weighted by atomic mass is 9.85. The highest BCUT2D eigenvalue weighted by molar-refractivity contribution is 6.10. The predicted octanol–water partition coefficient (Wildman–Crippen LogP) is 1.56. The molecule has 2 saturated carbocycles. The van der Waals surface area contributed by atoms with Crippen LogP contribution in [0.4, 0.5) is 0 Å². The first kappa shape index (κ1) is 18.7. The van der Waals surface area contributed by atoms with Crippen LogP contribution < -0.4 is 5.32 Å². The maximum absolute atomic E-state index is 12.5. The van der Waals surface area contributed by atoms with Gasteiger partial charge in [0.2, 0.25) is 5.91 Å². The SMILES string of the molecule is C=C1c2ccccc2C(=O)N1CC(=O)NC1CC(N(CC(=O)O)CC2CC2)C1. The fourth-order valence-electron chi connectivity index (χ4n) is 4.07. The van der Waals surface area contributed by atoms with Crippen LogP contribution in [0.2, 0.25) is 0 Å². The van der Waals surface area contributed by atoms with Gasteiger partial charge in [-0.3, -0.25) is 24.2 Å². The molecule has 0 radical (unpaired) electrons. The number of rotatable bonds is 8. The molecule has 1 heterocycles. The molecule has 1 aliphatic heterocycles. The van der Waals surface area contributed by atoms with Gasteiger partial charge in [0, 0.05) is 35.5 Å². The van der Waals surface area contributed by atoms with E-state index < -0.39 is 5.97 Å². The minimum atomic E-state index is -0.807. The largest absolute Gasteiger partial charge is 0.480 e. The van der Waals surface area contributed by atoms with Crippen molar-refractivity contribution in [3.05, 3.63) is 42.0 Å². The number of hydrogen-bond acceptors (Lipinski definition) is 4. The molecule has 2 amide bonds. The third kappa shape index (κ3) is 3.80. The lowest BCUT2D eigenvalue weighted by Gasteiger charge is -2.42. The summed E-state index contributed by atoms with van der Waals surface area (Å²) in [5, 5.41) is 12.1. The first-order valence-corrected chi connectivity index (χ1v) is 9.77. The fourth-order valence-corrected chi connectivity index (χ4v) is 4.07. The van der Waals surface area contributed by atoms with Crippen LogP contribution in [0, 0.1) is 5.92 Å². The van der Waals surface area contributed by atoms with Gasteiger partial charge in [-0.25, -0.2) is 0 Å². The molecule has 0 bridgehead atoms. The number of carbonyl (C=O) groups is 3. The van der Waals surface area contributed by atoms with Gasteiger partial charge < -0.3 is 10.4 Å². The molecule has 4 rings (SSSR count). The first-order chi connectivity index (χ1) is 13.4. The van der Waals surface area contributed by atoms with E-state index in [2.05, 4.69) is 11.9 Å². The van der Waals surface area contributed by atoms with Gasteiger partial charge in [0.25, 0.3) is 5.91 Å². The highest BCUT2D eigenvalue weighted by Crippen LogP contribution is 2.34. The van der Waals surface area contributed by atoms with E-state index in [9.17, 15) is 14.4 Å². The van der Waals surface area contributed by atoms with Crippen LogP contribution in [0.15, 0.2) is 30.8 Å². The zero-order valence-electron chi connectivity index (χ0n) is 15.8. The summed E-state index contributed by atoms with van der Waals surface area (Å²) in [6.07, 6.45) is 3.86. The van der Waals surface area contributed by atoms with Gasteiger partial charge in [-0.05, 0) is 37.7 Å². The number of carboxylic acid groups (broad SMARTS) is 1. The Morgan fingerprint density at radius 2 is 1.89 bits per heavy atom. The number of fused-ring (bicyclic) bond motifs is 1. The molecular weight excluding hydrogens is 358 g/mol. The smallest absolute Gasteiger partial charge is 0.317 e. The fraction of sp³-hybridized carbons (Fsp3) is 0.476. The number of benzene rings is 1. The number of nitrogens with zero attached hydrogens (tertiary/aromatic N) is 2. The molecule has 7 nitrogen and oxygen atoms in total. The number of carboxylic acids is 1. The van der Waals surface area contributed by atoms with Gasteiger partial charge in [0.1, 0.15) is 6.54 Å². The summed E-state index contributed by atoms with van der Waals surface area (Å²) in [4.78, 5) is 39.5. The van der Waals surface area contributed by atoms with Crippen molar-refractivity contribution in [1.82, 2.24) is 15.1 Å². The Kier molecular flexibility index (Phi) is 4.93. The van der Waals surface area contributed by atoms with Crippen molar-refractivity contribution in [1.29, 1.82) is 0 Å². The Balaban J connectivity index is 1.27. The summed E-state index contributed by atoms with van der Waals surface area (Å²) >= 11 is 0. The lowest BCUT2D eigenvalue weighted by molar-refractivity contribution is -0.140. The van der Waals surface area contributed by atoms with Crippen molar-refractivity contribution in [2.45, 2.75) is 37.8 Å². The number of amides is 2. The van der Waals surface area contributed by atoms with E-state index in [1.54, 1.807) is 12.1 Å². The van der Waals surface area contributed by atoms with Crippen molar-refractivity contribution in [3.63, 3.8) is 0 Å². The first-order valence-electron chi connectivity index (χ1n) is 9.77. The van der Waals surface area contributed by atoms with Gasteiger partial charge in [-0.15, -0.1) is 0 Å². The molecule has 28 heavy (non-hydrogen) atoms. The molecule has 0 atom stereocenters. The Bertz CT molecular complexity index is 792. The van der Waals surface area contributed by atoms with Crippen molar-refractivity contribution < 1.29 is 19.5 Å². The number of hydrogen-bond donors (Lipinski definition) is 2. The van der Waals surface area contributed by atoms with E-state index >= 15 is 0 Å². The molecule has 0 aromatic heterocycles. The average Bonchev–Trinajstić information content (AvgIpc) is 3.40. The molecule has 2 N–H and O–H groups in total. The standard InChI is InChI=1S/C21H25N3O4/c1-13-17-4-2-3-5-18(17)21(28)24(13)11-19(25)22-15-8-16(9-15)23(12-20(26)27)10-14-6-7-14/h2-5,14-16H,1,6-12H2,(H,22,25)(H,26,27). The summed E-state index contributed by atoms with van der Waals surface area (Å²) in [6.45, 7) is 4.79. The third-order valence-electron chi connectivity index (χ3n) is 5.86. The number of nitrogens with one attached hydrogen (secondary N) is 1. The van der Waals surface area contributed by atoms with E-state index in [-0.39, 0.29) is 37.0 Å². The normalized spacial score (nSPS) is 23.5. The van der Waals surface area contributed by atoms with Crippen molar-refractivity contribution in [2.75, 3.05) is 19.6 Å². The Morgan fingerprint density at radius 1 is 1.21 bits per heavy atom. The second kappa shape index (κ2) is 7.39. The summed E-state index contributed by atoms with van der Waals surface area (Å²) < 4.78 is 0. The van der Waals surface area contributed by atoms with Crippen LogP contribution in [0.5, 0.6) is 0 Å². The van der Waals surface area contributed by atoms with Crippen molar-refractivity contribution in [3.8, 4) is 0 Å². The van der Waals surface area contributed by atoms with Crippen LogP contribution in [-0.4, -0.2) is 64.4 Å². The van der Waals surface area contributed by atoms with E-state index in [0.717, 1.165) is 24.9 Å². The van der Waals surface area contributed by atoms with Crippen LogP contribution in [0.25, 0.3) is 5.70 Å². The Hall–Kier alpha value is -2.67. The molecule has 0 spiro atoms. The summed E-state index contributed by atoms with van der Waals surface area (Å²) in [6, 6.07) is 7.46. The minimum Gasteiger partial charge on any atom is -0.480 e. The highest BCUT2D eigenvalue weighted by atomic mass is 16.4. The summed E-state index contributed by atoms with van der Waals surface area (Å²) in [7, 11) is 0. The quantitative estimate of drug-likeness (QED) is 0.711. The number of aliphatic carboxylic acids is 1. The molecule has 3 aliphatic rings. The van der Waals surface area contributed by atoms with Gasteiger partial charge in [-0.1, -0.05) is 24.8 Å². The topological polar surface area (TPSA) is 90.0 Å². The molecule has 1 aromatic carbocycles. The predicted molar refractivity (Wildman–Crippen MR) is 103 cm³/mol. The molecular formula is C21H25N3O4. The zero-order valence-corrected chi connectivity index (χ0v) is 15.8. The minimum absolute atomic E-state index is 0.0290. The third-order valence-corrected chi connectivity index (χ3v) is 5.86. The summed E-state index contributed by atoms with van der Waals surface area (Å²) in [5.74, 6) is -0.586. The molecule has 148 valence electrons. The van der Waals surface area contributed by atoms with Gasteiger partial charge in [0.15, 0.2) is 0 Å². The molecule has 1 aromatic rings. The van der Waals surface area contributed by atoms with Gasteiger partial charge in [-0.2, -0.15) is 0 Å². The van der Waals surface area contributed by atoms with E-state index in [0.29, 0.717) is 17.2 Å². The maximum Gasteiger partial charge on any atom is 0.317 e. The van der Waals surface area contributed by atoms with Gasteiger partial charge >= 0.3 is 5.97 Å². The second-order valence-electron chi connectivity index (χ2n) is 8.04. The summed E-state index contributed by atoms with van der Waals surface area (Å²) in [5.41, 5.74) is 1.90. The van der Waals surface area contributed by atoms with Crippen LogP contribution >= 0.6 is 0 Å². The molecule has 0 unspecified atom stereocenters. The second-order valence-corrected chi connectivity index (χ2v) is 8.04. The monoisotopic (exact) mass is 383 g/mol. The van der Waals surface area contributed by atoms with E-state index in [4.69, 9.17) is 5.11 Å². The molecule has 2 fully saturated rings. The van der Waals surface area contributed by atoms with Crippen molar-refractivity contribution >= 4 is 23.5 Å². The zero-order chi connectivity index (χ0) is 19.8. The van der Waals surface area contributed by atoms with Gasteiger partial charge in [0.05, 0.1) is 6.54 Å². The highest BCUT2D eigenvalue weighted by Gasteiger charge is 2.38. The van der Waals surface area contributed by atoms with Crippen LogP contribution in [0.1, 0.15) is 41.6 Å².